The fourth-order valence-corrected chi connectivity index (χ4v) is 0.285. The van der Waals surface area contributed by atoms with Crippen molar-refractivity contribution in [2.45, 2.75) is 19.1 Å². The zero-order valence-corrected chi connectivity index (χ0v) is 7.08. The van der Waals surface area contributed by atoms with Crippen LogP contribution in [0.15, 0.2) is 0 Å². The minimum absolute atomic E-state index is 0. The highest BCUT2D eigenvalue weighted by molar-refractivity contribution is 7.81. The Morgan fingerprint density at radius 2 is 1.89 bits per heavy atom. The van der Waals surface area contributed by atoms with Crippen molar-refractivity contribution < 1.29 is 9.90 Å². The van der Waals surface area contributed by atoms with Crippen molar-refractivity contribution in [3.8, 4) is 0 Å². The van der Waals surface area contributed by atoms with Crippen molar-refractivity contribution in [3.05, 3.63) is 0 Å². The SMILES string of the molecule is CC(C)C(S)C(=O)O.Cl. The second-order valence-corrected chi connectivity index (χ2v) is 2.58. The van der Waals surface area contributed by atoms with Crippen LogP contribution < -0.4 is 0 Å². The number of carbonyl (C=O) groups is 1. The van der Waals surface area contributed by atoms with Gasteiger partial charge in [-0.3, -0.25) is 4.79 Å². The highest BCUT2D eigenvalue weighted by Gasteiger charge is 2.14. The van der Waals surface area contributed by atoms with E-state index in [1.165, 1.54) is 0 Å². The normalized spacial score (nSPS) is 12.4. The summed E-state index contributed by atoms with van der Waals surface area (Å²) in [6, 6.07) is 0. The molecule has 0 radical (unpaired) electrons. The van der Waals surface area contributed by atoms with Crippen molar-refractivity contribution in [2.24, 2.45) is 5.92 Å². The van der Waals surface area contributed by atoms with E-state index in [-0.39, 0.29) is 18.3 Å². The van der Waals surface area contributed by atoms with Crippen LogP contribution in [-0.2, 0) is 4.79 Å². The predicted molar refractivity (Wildman–Crippen MR) is 42.5 cm³/mol. The van der Waals surface area contributed by atoms with Gasteiger partial charge < -0.3 is 5.11 Å². The molecule has 0 fully saturated rings. The average molecular weight is 171 g/mol. The molecule has 0 amide bonds. The summed E-state index contributed by atoms with van der Waals surface area (Å²) < 4.78 is 0. The fraction of sp³-hybridized carbons (Fsp3) is 0.800. The van der Waals surface area contributed by atoms with E-state index < -0.39 is 11.2 Å². The molecular weight excluding hydrogens is 160 g/mol. The Morgan fingerprint density at radius 1 is 1.56 bits per heavy atom. The number of aliphatic carboxylic acids is 1. The molecule has 0 aliphatic rings. The molecule has 0 aromatic carbocycles. The third-order valence-electron chi connectivity index (χ3n) is 0.884. The first kappa shape index (κ1) is 11.9. The minimum Gasteiger partial charge on any atom is -0.480 e. The van der Waals surface area contributed by atoms with Crippen LogP contribution in [0.4, 0.5) is 0 Å². The summed E-state index contributed by atoms with van der Waals surface area (Å²) in [5.41, 5.74) is 0. The molecule has 0 aromatic rings. The zero-order valence-electron chi connectivity index (χ0n) is 5.37. The molecule has 9 heavy (non-hydrogen) atoms. The molecule has 2 nitrogen and oxygen atoms in total. The molecule has 0 saturated carbocycles. The van der Waals surface area contributed by atoms with E-state index in [9.17, 15) is 4.79 Å². The van der Waals surface area contributed by atoms with E-state index in [1.807, 2.05) is 13.8 Å². The standard InChI is InChI=1S/C5H10O2S.ClH/c1-3(2)4(8)5(6)7;/h3-4,8H,1-2H3,(H,6,7);1H. The molecule has 0 aliphatic carbocycles. The van der Waals surface area contributed by atoms with E-state index in [4.69, 9.17) is 5.11 Å². The molecule has 0 spiro atoms. The number of thiol groups is 1. The van der Waals surface area contributed by atoms with Gasteiger partial charge in [-0.2, -0.15) is 12.6 Å². The Morgan fingerprint density at radius 3 is 1.89 bits per heavy atom. The van der Waals surface area contributed by atoms with Gasteiger partial charge in [0, 0.05) is 0 Å². The van der Waals surface area contributed by atoms with Crippen molar-refractivity contribution in [1.82, 2.24) is 0 Å². The molecule has 0 aliphatic heterocycles. The van der Waals surface area contributed by atoms with Gasteiger partial charge >= 0.3 is 5.97 Å². The predicted octanol–water partition coefficient (Wildman–Crippen LogP) is 1.45. The smallest absolute Gasteiger partial charge is 0.316 e. The molecule has 0 heterocycles. The largest absolute Gasteiger partial charge is 0.480 e. The first-order valence-electron chi connectivity index (χ1n) is 2.46. The van der Waals surface area contributed by atoms with Gasteiger partial charge in [-0.05, 0) is 5.92 Å². The van der Waals surface area contributed by atoms with Crippen LogP contribution in [0, 0.1) is 5.92 Å². The average Bonchev–Trinajstić information content (AvgIpc) is 1.64. The quantitative estimate of drug-likeness (QED) is 0.616. The Hall–Kier alpha value is 0.110. The van der Waals surface area contributed by atoms with Crippen LogP contribution in [0.25, 0.3) is 0 Å². The topological polar surface area (TPSA) is 37.3 Å². The molecule has 0 saturated heterocycles. The molecule has 0 bridgehead atoms. The van der Waals surface area contributed by atoms with E-state index in [0.29, 0.717) is 0 Å². The van der Waals surface area contributed by atoms with Crippen molar-refractivity contribution in [3.63, 3.8) is 0 Å². The van der Waals surface area contributed by atoms with Crippen LogP contribution in [0.3, 0.4) is 0 Å². The van der Waals surface area contributed by atoms with Crippen molar-refractivity contribution in [2.75, 3.05) is 0 Å². The summed E-state index contributed by atoms with van der Waals surface area (Å²) in [6.07, 6.45) is 0. The van der Waals surface area contributed by atoms with Crippen LogP contribution in [0.1, 0.15) is 13.8 Å². The molecule has 56 valence electrons. The number of halogens is 1. The maximum absolute atomic E-state index is 10.1. The van der Waals surface area contributed by atoms with Gasteiger partial charge in [-0.1, -0.05) is 13.8 Å². The molecule has 1 unspecified atom stereocenters. The van der Waals surface area contributed by atoms with E-state index >= 15 is 0 Å². The van der Waals surface area contributed by atoms with Gasteiger partial charge in [-0.15, -0.1) is 12.4 Å². The maximum atomic E-state index is 10.1. The van der Waals surface area contributed by atoms with Gasteiger partial charge in [0.2, 0.25) is 0 Å². The number of hydrogen-bond donors (Lipinski definition) is 2. The van der Waals surface area contributed by atoms with Crippen LogP contribution >= 0.6 is 25.0 Å². The van der Waals surface area contributed by atoms with Crippen LogP contribution in [0.2, 0.25) is 0 Å². The van der Waals surface area contributed by atoms with Gasteiger partial charge in [0.25, 0.3) is 0 Å². The molecular formula is C5H11ClO2S. The summed E-state index contributed by atoms with van der Waals surface area (Å²) in [5.74, 6) is -0.737. The van der Waals surface area contributed by atoms with Gasteiger partial charge in [0.1, 0.15) is 5.25 Å². The van der Waals surface area contributed by atoms with Crippen LogP contribution in [-0.4, -0.2) is 16.3 Å². The fourth-order valence-electron chi connectivity index (χ4n) is 0.285. The lowest BCUT2D eigenvalue weighted by Gasteiger charge is -2.06. The molecule has 0 aromatic heterocycles. The monoisotopic (exact) mass is 170 g/mol. The van der Waals surface area contributed by atoms with Gasteiger partial charge in [0.05, 0.1) is 0 Å². The first-order valence-corrected chi connectivity index (χ1v) is 2.98. The third-order valence-corrected chi connectivity index (χ3v) is 1.70. The van der Waals surface area contributed by atoms with Crippen molar-refractivity contribution in [1.29, 1.82) is 0 Å². The number of carboxylic acids is 1. The number of rotatable bonds is 2. The van der Waals surface area contributed by atoms with E-state index in [0.717, 1.165) is 0 Å². The van der Waals surface area contributed by atoms with E-state index in [2.05, 4.69) is 12.6 Å². The van der Waals surface area contributed by atoms with Crippen molar-refractivity contribution >= 4 is 31.0 Å². The molecule has 0 rings (SSSR count). The lowest BCUT2D eigenvalue weighted by molar-refractivity contribution is -0.137. The maximum Gasteiger partial charge on any atom is 0.316 e. The summed E-state index contributed by atoms with van der Waals surface area (Å²) in [6.45, 7) is 3.65. The molecule has 1 atom stereocenters. The summed E-state index contributed by atoms with van der Waals surface area (Å²) in [7, 11) is 0. The summed E-state index contributed by atoms with van der Waals surface area (Å²) in [4.78, 5) is 10.1. The number of carboxylic acid groups (broad SMARTS) is 1. The summed E-state index contributed by atoms with van der Waals surface area (Å²) in [5, 5.41) is 7.76. The molecule has 1 N–H and O–H groups in total. The highest BCUT2D eigenvalue weighted by Crippen LogP contribution is 2.07. The summed E-state index contributed by atoms with van der Waals surface area (Å²) >= 11 is 3.82. The Bertz CT molecular complexity index is 95.0. The Kier molecular flexibility index (Phi) is 6.51. The van der Waals surface area contributed by atoms with E-state index in [1.54, 1.807) is 0 Å². The zero-order chi connectivity index (χ0) is 6.73. The number of hydrogen-bond acceptors (Lipinski definition) is 2. The lowest BCUT2D eigenvalue weighted by atomic mass is 10.1. The second kappa shape index (κ2) is 4.94. The first-order chi connectivity index (χ1) is 3.55. The lowest BCUT2D eigenvalue weighted by Crippen LogP contribution is -2.19. The Labute approximate surface area is 66.5 Å². The third kappa shape index (κ3) is 4.60. The molecule has 4 heteroatoms. The van der Waals surface area contributed by atoms with Gasteiger partial charge in [0.15, 0.2) is 0 Å². The highest BCUT2D eigenvalue weighted by atomic mass is 35.5. The minimum atomic E-state index is -0.844. The van der Waals surface area contributed by atoms with Gasteiger partial charge in [-0.25, -0.2) is 0 Å². The van der Waals surface area contributed by atoms with Crippen LogP contribution in [0.5, 0.6) is 0 Å². The Balaban J connectivity index is 0. The second-order valence-electron chi connectivity index (χ2n) is 2.03.